The van der Waals surface area contributed by atoms with Gasteiger partial charge in [-0.15, -0.1) is 0 Å². The summed E-state index contributed by atoms with van der Waals surface area (Å²) in [7, 11) is 0. The third kappa shape index (κ3) is 3.20. The van der Waals surface area contributed by atoms with Gasteiger partial charge in [-0.1, -0.05) is 23.2 Å². The van der Waals surface area contributed by atoms with Gasteiger partial charge in [-0.2, -0.15) is 13.2 Å². The van der Waals surface area contributed by atoms with Gasteiger partial charge in [0.2, 0.25) is 0 Å². The second kappa shape index (κ2) is 5.23. The van der Waals surface area contributed by atoms with Crippen LogP contribution in [0.5, 0.6) is 5.75 Å². The maximum atomic E-state index is 12.9. The standard InChI is InChI=1S/C12H9Cl2F3O4/c13-6-1-5-8(2-7(6)14)21-9(12(15,16)17)3-11(5,20)4-10(18)19/h1-2,9,20H,3-4H2,(H,18,19)/t9-,11+/m0/s1. The van der Waals surface area contributed by atoms with Gasteiger partial charge in [-0.05, 0) is 6.07 Å². The maximum absolute atomic E-state index is 12.9. The van der Waals surface area contributed by atoms with Crippen LogP contribution in [0.3, 0.4) is 0 Å². The fourth-order valence-corrected chi connectivity index (χ4v) is 2.52. The van der Waals surface area contributed by atoms with Crippen molar-refractivity contribution in [1.29, 1.82) is 0 Å². The van der Waals surface area contributed by atoms with Crippen LogP contribution in [0.25, 0.3) is 0 Å². The highest BCUT2D eigenvalue weighted by atomic mass is 35.5. The first kappa shape index (κ1) is 16.2. The van der Waals surface area contributed by atoms with Crippen LogP contribution in [0, 0.1) is 0 Å². The van der Waals surface area contributed by atoms with E-state index in [2.05, 4.69) is 0 Å². The van der Waals surface area contributed by atoms with Gasteiger partial charge in [-0.3, -0.25) is 4.79 Å². The SMILES string of the molecule is O=C(O)C[C@]1(O)C[C@@H](C(F)(F)F)Oc2cc(Cl)c(Cl)cc21. The monoisotopic (exact) mass is 344 g/mol. The molecule has 0 fully saturated rings. The van der Waals surface area contributed by atoms with E-state index in [0.717, 1.165) is 12.1 Å². The van der Waals surface area contributed by atoms with E-state index in [0.29, 0.717) is 0 Å². The largest absolute Gasteiger partial charge is 0.481 e. The zero-order valence-electron chi connectivity index (χ0n) is 10.2. The van der Waals surface area contributed by atoms with Gasteiger partial charge < -0.3 is 14.9 Å². The van der Waals surface area contributed by atoms with Gasteiger partial charge in [0.15, 0.2) is 6.10 Å². The number of fused-ring (bicyclic) bond motifs is 1. The first-order chi connectivity index (χ1) is 9.53. The normalized spacial score (nSPS) is 25.1. The molecule has 0 radical (unpaired) electrons. The smallest absolute Gasteiger partial charge is 0.425 e. The quantitative estimate of drug-likeness (QED) is 0.863. The molecule has 4 nitrogen and oxygen atoms in total. The number of rotatable bonds is 2. The zero-order chi connectivity index (χ0) is 16.0. The highest BCUT2D eigenvalue weighted by Gasteiger charge is 2.52. The van der Waals surface area contributed by atoms with Crippen LogP contribution >= 0.6 is 23.2 Å². The molecule has 1 heterocycles. The minimum absolute atomic E-state index is 0.0201. The van der Waals surface area contributed by atoms with Gasteiger partial charge in [0.05, 0.1) is 16.5 Å². The molecular formula is C12H9Cl2F3O4. The number of carboxylic acids is 1. The topological polar surface area (TPSA) is 66.8 Å². The molecule has 0 saturated carbocycles. The molecule has 1 aliphatic rings. The second-order valence-corrected chi connectivity index (χ2v) is 5.53. The van der Waals surface area contributed by atoms with Crippen molar-refractivity contribution in [1.82, 2.24) is 0 Å². The molecule has 0 unspecified atom stereocenters. The predicted octanol–water partition coefficient (Wildman–Crippen LogP) is 3.37. The summed E-state index contributed by atoms with van der Waals surface area (Å²) in [6, 6.07) is 2.15. The van der Waals surface area contributed by atoms with Crippen molar-refractivity contribution in [2.24, 2.45) is 0 Å². The summed E-state index contributed by atoms with van der Waals surface area (Å²) in [5.41, 5.74) is -2.37. The molecule has 2 atom stereocenters. The van der Waals surface area contributed by atoms with Crippen molar-refractivity contribution in [3.63, 3.8) is 0 Å². The van der Waals surface area contributed by atoms with Gasteiger partial charge in [0.25, 0.3) is 0 Å². The number of benzene rings is 1. The molecule has 0 saturated heterocycles. The first-order valence-corrected chi connectivity index (χ1v) is 6.45. The summed E-state index contributed by atoms with van der Waals surface area (Å²) in [5, 5.41) is 19.1. The molecule has 2 rings (SSSR count). The number of halogens is 5. The average molecular weight is 345 g/mol. The fraction of sp³-hybridized carbons (Fsp3) is 0.417. The van der Waals surface area contributed by atoms with Crippen molar-refractivity contribution in [2.45, 2.75) is 30.7 Å². The molecule has 1 aromatic carbocycles. The molecule has 0 bridgehead atoms. The lowest BCUT2D eigenvalue weighted by Crippen LogP contribution is -2.46. The molecule has 0 amide bonds. The Morgan fingerprint density at radius 1 is 1.38 bits per heavy atom. The maximum Gasteiger partial charge on any atom is 0.425 e. The van der Waals surface area contributed by atoms with Crippen molar-refractivity contribution in [3.05, 3.63) is 27.7 Å². The number of ether oxygens (including phenoxy) is 1. The van der Waals surface area contributed by atoms with E-state index in [1.165, 1.54) is 0 Å². The molecule has 116 valence electrons. The Labute approximate surface area is 127 Å². The Morgan fingerprint density at radius 3 is 2.48 bits per heavy atom. The fourth-order valence-electron chi connectivity index (χ4n) is 2.20. The molecule has 0 aromatic heterocycles. The van der Waals surface area contributed by atoms with E-state index in [1.807, 2.05) is 0 Å². The van der Waals surface area contributed by atoms with Crippen molar-refractivity contribution in [2.75, 3.05) is 0 Å². The summed E-state index contributed by atoms with van der Waals surface area (Å²) in [6.45, 7) is 0. The minimum atomic E-state index is -4.75. The Kier molecular flexibility index (Phi) is 4.03. The summed E-state index contributed by atoms with van der Waals surface area (Å²) in [5.74, 6) is -1.78. The third-order valence-electron chi connectivity index (χ3n) is 3.12. The van der Waals surface area contributed by atoms with Crippen LogP contribution < -0.4 is 4.74 Å². The summed E-state index contributed by atoms with van der Waals surface area (Å²) in [4.78, 5) is 10.8. The van der Waals surface area contributed by atoms with E-state index >= 15 is 0 Å². The van der Waals surface area contributed by atoms with Crippen LogP contribution in [0.1, 0.15) is 18.4 Å². The predicted molar refractivity (Wildman–Crippen MR) is 67.7 cm³/mol. The van der Waals surface area contributed by atoms with E-state index in [9.17, 15) is 23.1 Å². The van der Waals surface area contributed by atoms with Gasteiger partial charge >= 0.3 is 12.1 Å². The lowest BCUT2D eigenvalue weighted by molar-refractivity contribution is -0.218. The molecule has 21 heavy (non-hydrogen) atoms. The number of alkyl halides is 3. The molecule has 2 N–H and O–H groups in total. The molecule has 1 aliphatic heterocycles. The number of carbonyl (C=O) groups is 1. The third-order valence-corrected chi connectivity index (χ3v) is 3.85. The highest BCUT2D eigenvalue weighted by molar-refractivity contribution is 6.42. The first-order valence-electron chi connectivity index (χ1n) is 5.70. The van der Waals surface area contributed by atoms with Gasteiger partial charge in [-0.25, -0.2) is 0 Å². The molecule has 0 spiro atoms. The summed E-state index contributed by atoms with van der Waals surface area (Å²) < 4.78 is 43.3. The number of hydrogen-bond donors (Lipinski definition) is 2. The highest BCUT2D eigenvalue weighted by Crippen LogP contribution is 2.47. The average Bonchev–Trinajstić information content (AvgIpc) is 2.29. The molecular weight excluding hydrogens is 336 g/mol. The Bertz CT molecular complexity index is 591. The number of carboxylic acid groups (broad SMARTS) is 1. The number of aliphatic hydroxyl groups is 1. The van der Waals surface area contributed by atoms with Crippen LogP contribution in [0.15, 0.2) is 12.1 Å². The Balaban J connectivity index is 2.55. The number of hydrogen-bond acceptors (Lipinski definition) is 3. The van der Waals surface area contributed by atoms with Crippen molar-refractivity contribution >= 4 is 29.2 Å². The lowest BCUT2D eigenvalue weighted by Gasteiger charge is -2.38. The second-order valence-electron chi connectivity index (χ2n) is 4.72. The molecule has 9 heteroatoms. The minimum Gasteiger partial charge on any atom is -0.481 e. The Morgan fingerprint density at radius 2 is 1.95 bits per heavy atom. The van der Waals surface area contributed by atoms with Crippen molar-refractivity contribution in [3.8, 4) is 5.75 Å². The van der Waals surface area contributed by atoms with Gasteiger partial charge in [0.1, 0.15) is 11.4 Å². The molecule has 0 aliphatic carbocycles. The molecule has 1 aromatic rings. The zero-order valence-corrected chi connectivity index (χ0v) is 11.8. The van der Waals surface area contributed by atoms with Gasteiger partial charge in [0, 0.05) is 18.1 Å². The van der Waals surface area contributed by atoms with Crippen LogP contribution in [0.4, 0.5) is 13.2 Å². The summed E-state index contributed by atoms with van der Waals surface area (Å²) >= 11 is 11.5. The Hall–Kier alpha value is -1.18. The lowest BCUT2D eigenvalue weighted by atomic mass is 9.82. The van der Waals surface area contributed by atoms with E-state index in [4.69, 9.17) is 33.0 Å². The van der Waals surface area contributed by atoms with E-state index < -0.39 is 36.7 Å². The van der Waals surface area contributed by atoms with Crippen LogP contribution in [0.2, 0.25) is 10.0 Å². The van der Waals surface area contributed by atoms with Crippen LogP contribution in [-0.4, -0.2) is 28.5 Å². The van der Waals surface area contributed by atoms with Crippen LogP contribution in [-0.2, 0) is 10.4 Å². The summed E-state index contributed by atoms with van der Waals surface area (Å²) in [6.07, 6.45) is -8.93. The van der Waals surface area contributed by atoms with E-state index in [-0.39, 0.29) is 21.4 Å². The van der Waals surface area contributed by atoms with E-state index in [1.54, 1.807) is 0 Å². The van der Waals surface area contributed by atoms with Crippen molar-refractivity contribution < 1.29 is 32.9 Å². The number of aliphatic carboxylic acids is 1.